The second-order valence-corrected chi connectivity index (χ2v) is 4.89. The van der Waals surface area contributed by atoms with E-state index in [2.05, 4.69) is 28.0 Å². The van der Waals surface area contributed by atoms with Gasteiger partial charge in [0.2, 0.25) is 0 Å². The summed E-state index contributed by atoms with van der Waals surface area (Å²) in [5.74, 6) is 1.53. The zero-order valence-corrected chi connectivity index (χ0v) is 12.3. The van der Waals surface area contributed by atoms with Crippen molar-refractivity contribution in [3.05, 3.63) is 28.2 Å². The lowest BCUT2D eigenvalue weighted by Crippen LogP contribution is -1.98. The van der Waals surface area contributed by atoms with Crippen molar-refractivity contribution in [1.82, 2.24) is 9.78 Å². The van der Waals surface area contributed by atoms with E-state index in [1.54, 1.807) is 11.8 Å². The van der Waals surface area contributed by atoms with E-state index in [1.807, 2.05) is 25.2 Å². The lowest BCUT2D eigenvalue weighted by molar-refractivity contribution is 0.412. The van der Waals surface area contributed by atoms with Gasteiger partial charge in [-0.1, -0.05) is 6.92 Å². The van der Waals surface area contributed by atoms with Gasteiger partial charge >= 0.3 is 0 Å². The van der Waals surface area contributed by atoms with Gasteiger partial charge in [-0.3, -0.25) is 4.68 Å². The molecule has 4 nitrogen and oxygen atoms in total. The number of hydrogen-bond donors (Lipinski definition) is 1. The van der Waals surface area contributed by atoms with E-state index in [9.17, 15) is 0 Å². The van der Waals surface area contributed by atoms with Gasteiger partial charge in [-0.15, -0.1) is 0 Å². The summed E-state index contributed by atoms with van der Waals surface area (Å²) in [5.41, 5.74) is 9.05. The molecule has 2 rings (SSSR count). The molecule has 1 aromatic carbocycles. The maximum Gasteiger partial charge on any atom is 0.133 e. The molecule has 18 heavy (non-hydrogen) atoms. The number of methoxy groups -OCH3 is 1. The molecule has 0 fully saturated rings. The molecular weight excluding hydrogens is 294 g/mol. The molecule has 0 aliphatic heterocycles. The molecule has 2 N–H and O–H groups in total. The summed E-state index contributed by atoms with van der Waals surface area (Å²) in [7, 11) is 3.51. The van der Waals surface area contributed by atoms with E-state index in [0.29, 0.717) is 0 Å². The second-order valence-electron chi connectivity index (χ2n) is 4.04. The highest BCUT2D eigenvalue weighted by molar-refractivity contribution is 9.10. The van der Waals surface area contributed by atoms with Crippen molar-refractivity contribution in [2.24, 2.45) is 7.05 Å². The van der Waals surface area contributed by atoms with Gasteiger partial charge in [-0.25, -0.2) is 0 Å². The molecule has 5 heteroatoms. The molecule has 0 atom stereocenters. The number of rotatable bonds is 3. The first-order valence-electron chi connectivity index (χ1n) is 5.73. The van der Waals surface area contributed by atoms with Crippen molar-refractivity contribution in [3.8, 4) is 17.0 Å². The molecule has 0 spiro atoms. The highest BCUT2D eigenvalue weighted by atomic mass is 79.9. The maximum absolute atomic E-state index is 6.01. The van der Waals surface area contributed by atoms with Crippen molar-refractivity contribution >= 4 is 21.7 Å². The Morgan fingerprint density at radius 3 is 2.72 bits per heavy atom. The van der Waals surface area contributed by atoms with Gasteiger partial charge in [0.25, 0.3) is 0 Å². The summed E-state index contributed by atoms with van der Waals surface area (Å²) in [6.45, 7) is 2.08. The predicted octanol–water partition coefficient (Wildman–Crippen LogP) is 3.00. The molecule has 0 unspecified atom stereocenters. The summed E-state index contributed by atoms with van der Waals surface area (Å²) in [5, 5.41) is 4.48. The van der Waals surface area contributed by atoms with Crippen LogP contribution in [0.5, 0.6) is 5.75 Å². The predicted molar refractivity (Wildman–Crippen MR) is 76.7 cm³/mol. The first-order valence-corrected chi connectivity index (χ1v) is 6.53. The summed E-state index contributed by atoms with van der Waals surface area (Å²) in [6.07, 6.45) is 0.860. The van der Waals surface area contributed by atoms with Crippen molar-refractivity contribution < 1.29 is 4.74 Å². The summed E-state index contributed by atoms with van der Waals surface area (Å²) in [4.78, 5) is 0. The van der Waals surface area contributed by atoms with Crippen LogP contribution in [0.2, 0.25) is 0 Å². The minimum atomic E-state index is 0.722. The molecule has 1 aromatic heterocycles. The van der Waals surface area contributed by atoms with E-state index in [1.165, 1.54) is 0 Å². The number of aryl methyl sites for hydroxylation is 1. The molecule has 0 saturated heterocycles. The zero-order valence-electron chi connectivity index (χ0n) is 10.7. The molecule has 1 heterocycles. The number of nitrogen functional groups attached to an aromatic ring is 1. The van der Waals surface area contributed by atoms with Gasteiger partial charge < -0.3 is 10.5 Å². The number of ether oxygens (including phenoxy) is 1. The fourth-order valence-electron chi connectivity index (χ4n) is 1.98. The van der Waals surface area contributed by atoms with E-state index in [-0.39, 0.29) is 0 Å². The molecule has 0 radical (unpaired) electrons. The molecule has 96 valence electrons. The number of nitrogens with zero attached hydrogens (tertiary/aromatic N) is 2. The van der Waals surface area contributed by atoms with Crippen LogP contribution in [-0.4, -0.2) is 16.9 Å². The van der Waals surface area contributed by atoms with Crippen LogP contribution in [0.25, 0.3) is 11.3 Å². The van der Waals surface area contributed by atoms with Gasteiger partial charge in [0.15, 0.2) is 0 Å². The first kappa shape index (κ1) is 13.0. The van der Waals surface area contributed by atoms with Gasteiger partial charge in [0.05, 0.1) is 17.3 Å². The molecule has 0 saturated carbocycles. The average molecular weight is 310 g/mol. The standard InChI is InChI=1S/C13H16BrN3O/c1-4-9-12(16-17(2)13(9)15)8-5-6-11(18-3)10(14)7-8/h5-7H,4,15H2,1-3H3. The van der Waals surface area contributed by atoms with Crippen LogP contribution in [-0.2, 0) is 13.5 Å². The highest BCUT2D eigenvalue weighted by Crippen LogP contribution is 2.33. The summed E-state index contributed by atoms with van der Waals surface area (Å²) in [6, 6.07) is 5.91. The topological polar surface area (TPSA) is 53.1 Å². The number of benzene rings is 1. The van der Waals surface area contributed by atoms with Crippen molar-refractivity contribution in [2.75, 3.05) is 12.8 Å². The smallest absolute Gasteiger partial charge is 0.133 e. The minimum absolute atomic E-state index is 0.722. The number of halogens is 1. The van der Waals surface area contributed by atoms with Crippen LogP contribution in [0, 0.1) is 0 Å². The monoisotopic (exact) mass is 309 g/mol. The van der Waals surface area contributed by atoms with E-state index in [0.717, 1.165) is 39.3 Å². The van der Waals surface area contributed by atoms with Crippen molar-refractivity contribution in [3.63, 3.8) is 0 Å². The number of aromatic nitrogens is 2. The number of hydrogen-bond acceptors (Lipinski definition) is 3. The van der Waals surface area contributed by atoms with Gasteiger partial charge in [-0.05, 0) is 40.5 Å². The molecule has 0 aliphatic rings. The van der Waals surface area contributed by atoms with Gasteiger partial charge in [-0.2, -0.15) is 5.10 Å². The molecule has 0 amide bonds. The average Bonchev–Trinajstić information content (AvgIpc) is 2.65. The first-order chi connectivity index (χ1) is 8.58. The Balaban J connectivity index is 2.55. The highest BCUT2D eigenvalue weighted by Gasteiger charge is 2.14. The zero-order chi connectivity index (χ0) is 13.3. The maximum atomic E-state index is 6.01. The molecule has 2 aromatic rings. The normalized spacial score (nSPS) is 10.7. The Labute approximate surface area is 115 Å². The van der Waals surface area contributed by atoms with Crippen LogP contribution in [0.4, 0.5) is 5.82 Å². The largest absolute Gasteiger partial charge is 0.496 e. The third-order valence-corrected chi connectivity index (χ3v) is 3.59. The quantitative estimate of drug-likeness (QED) is 0.948. The molecule has 0 bridgehead atoms. The van der Waals surface area contributed by atoms with Gasteiger partial charge in [0.1, 0.15) is 11.6 Å². The van der Waals surface area contributed by atoms with Crippen LogP contribution in [0.3, 0.4) is 0 Å². The summed E-state index contributed by atoms with van der Waals surface area (Å²) < 4.78 is 7.85. The third kappa shape index (κ3) is 2.10. The Morgan fingerprint density at radius 1 is 1.44 bits per heavy atom. The van der Waals surface area contributed by atoms with Crippen LogP contribution < -0.4 is 10.5 Å². The lowest BCUT2D eigenvalue weighted by atomic mass is 10.1. The number of nitrogens with two attached hydrogens (primary N) is 1. The molecule has 0 aliphatic carbocycles. The van der Waals surface area contributed by atoms with Gasteiger partial charge in [0, 0.05) is 18.2 Å². The van der Waals surface area contributed by atoms with E-state index >= 15 is 0 Å². The Bertz CT molecular complexity index is 578. The van der Waals surface area contributed by atoms with Crippen LogP contribution in [0.1, 0.15) is 12.5 Å². The Morgan fingerprint density at radius 2 is 2.17 bits per heavy atom. The van der Waals surface area contributed by atoms with E-state index < -0.39 is 0 Å². The van der Waals surface area contributed by atoms with Crippen molar-refractivity contribution in [1.29, 1.82) is 0 Å². The fraction of sp³-hybridized carbons (Fsp3) is 0.308. The Hall–Kier alpha value is -1.49. The number of anilines is 1. The lowest BCUT2D eigenvalue weighted by Gasteiger charge is -2.06. The minimum Gasteiger partial charge on any atom is -0.496 e. The SMILES string of the molecule is CCc1c(-c2ccc(OC)c(Br)c2)nn(C)c1N. The Kier molecular flexibility index (Phi) is 3.61. The van der Waals surface area contributed by atoms with Crippen molar-refractivity contribution in [2.45, 2.75) is 13.3 Å². The third-order valence-electron chi connectivity index (χ3n) is 2.97. The molecular formula is C13H16BrN3O. The fourth-order valence-corrected chi connectivity index (χ4v) is 2.52. The summed E-state index contributed by atoms with van der Waals surface area (Å²) >= 11 is 3.49. The second kappa shape index (κ2) is 5.02. The van der Waals surface area contributed by atoms with Crippen LogP contribution in [0.15, 0.2) is 22.7 Å². The van der Waals surface area contributed by atoms with Crippen LogP contribution >= 0.6 is 15.9 Å². The van der Waals surface area contributed by atoms with E-state index in [4.69, 9.17) is 10.5 Å².